The number of nitrogens with zero attached hydrogens (tertiary/aromatic N) is 2. The van der Waals surface area contributed by atoms with Crippen LogP contribution in [0, 0.1) is 5.82 Å². The van der Waals surface area contributed by atoms with E-state index < -0.39 is 23.8 Å². The van der Waals surface area contributed by atoms with Crippen LogP contribution >= 0.6 is 0 Å². The molecule has 2 aromatic carbocycles. The lowest BCUT2D eigenvalue weighted by atomic mass is 10.1. The van der Waals surface area contributed by atoms with Crippen molar-refractivity contribution in [3.05, 3.63) is 90.6 Å². The Balaban J connectivity index is 1.41. The Kier molecular flexibility index (Phi) is 5.80. The van der Waals surface area contributed by atoms with Crippen LogP contribution in [0.5, 0.6) is 0 Å². The molecule has 8 nitrogen and oxygen atoms in total. The number of benzene rings is 2. The van der Waals surface area contributed by atoms with Gasteiger partial charge in [0.05, 0.1) is 34.8 Å². The number of fused-ring (bicyclic) bond motifs is 1. The number of furan rings is 2. The van der Waals surface area contributed by atoms with Crippen molar-refractivity contribution in [2.45, 2.75) is 13.0 Å². The van der Waals surface area contributed by atoms with Crippen LogP contribution in [0.25, 0.3) is 33.9 Å². The molecule has 1 unspecified atom stereocenters. The average Bonchev–Trinajstić information content (AvgIpc) is 3.59. The molecule has 0 bridgehead atoms. The molecule has 3 heterocycles. The molecule has 5 rings (SSSR count). The largest absolute Gasteiger partial charge is 0.463 e. The Bertz CT molecular complexity index is 1510. The van der Waals surface area contributed by atoms with E-state index in [4.69, 9.17) is 13.6 Å². The molecule has 1 N–H and O–H groups in total. The molecule has 0 spiro atoms. The van der Waals surface area contributed by atoms with Crippen molar-refractivity contribution >= 4 is 28.6 Å². The van der Waals surface area contributed by atoms with Crippen molar-refractivity contribution in [1.82, 2.24) is 9.97 Å². The van der Waals surface area contributed by atoms with Gasteiger partial charge in [0.15, 0.2) is 17.6 Å². The van der Waals surface area contributed by atoms with E-state index in [-0.39, 0.29) is 11.3 Å². The number of carbonyl (C=O) groups excluding carboxylic acids is 2. The molecular weight excluding hydrogens is 453 g/mol. The van der Waals surface area contributed by atoms with Gasteiger partial charge in [-0.1, -0.05) is 12.1 Å². The highest BCUT2D eigenvalue weighted by Crippen LogP contribution is 2.31. The first-order chi connectivity index (χ1) is 17.0. The number of hydrogen-bond acceptors (Lipinski definition) is 7. The van der Waals surface area contributed by atoms with Crippen molar-refractivity contribution < 1.29 is 27.6 Å². The van der Waals surface area contributed by atoms with Crippen LogP contribution in [0.1, 0.15) is 17.3 Å². The zero-order valence-electron chi connectivity index (χ0n) is 18.4. The molecule has 0 aliphatic carbocycles. The SMILES string of the molecule is CC(OC(=O)c1ccc2nc(-c3ccco3)c(-c3ccco3)nc2c1)C(=O)Nc1ccccc1F. The van der Waals surface area contributed by atoms with E-state index in [1.54, 1.807) is 36.4 Å². The quantitative estimate of drug-likeness (QED) is 0.327. The van der Waals surface area contributed by atoms with Crippen LogP contribution in [0.3, 0.4) is 0 Å². The van der Waals surface area contributed by atoms with Crippen LogP contribution < -0.4 is 5.32 Å². The number of carbonyl (C=O) groups is 2. The number of aromatic nitrogens is 2. The predicted molar refractivity (Wildman–Crippen MR) is 125 cm³/mol. The van der Waals surface area contributed by atoms with Crippen molar-refractivity contribution in [2.75, 3.05) is 5.32 Å². The molecule has 0 radical (unpaired) electrons. The Hall–Kier alpha value is -4.79. The number of ether oxygens (including phenoxy) is 1. The number of esters is 1. The highest BCUT2D eigenvalue weighted by Gasteiger charge is 2.22. The lowest BCUT2D eigenvalue weighted by Gasteiger charge is -2.14. The Morgan fingerprint density at radius 2 is 1.54 bits per heavy atom. The van der Waals surface area contributed by atoms with Gasteiger partial charge in [-0.3, -0.25) is 4.79 Å². The summed E-state index contributed by atoms with van der Waals surface area (Å²) in [6.07, 6.45) is 1.90. The molecular formula is C26H18FN3O5. The molecule has 0 aliphatic rings. The van der Waals surface area contributed by atoms with Gasteiger partial charge in [0.2, 0.25) is 0 Å². The lowest BCUT2D eigenvalue weighted by Crippen LogP contribution is -2.30. The second kappa shape index (κ2) is 9.22. The van der Waals surface area contributed by atoms with E-state index in [9.17, 15) is 14.0 Å². The standard InChI is InChI=1S/C26H18FN3O5/c1-15(25(31)30-18-7-3-2-6-17(18)27)35-26(32)16-10-11-19-20(14-16)29-24(22-9-5-13-34-22)23(28-19)21-8-4-12-33-21/h2-15H,1H3,(H,30,31). The first-order valence-electron chi connectivity index (χ1n) is 10.7. The van der Waals surface area contributed by atoms with Crippen LogP contribution in [0.15, 0.2) is 88.1 Å². The number of amides is 1. The average molecular weight is 471 g/mol. The van der Waals surface area contributed by atoms with E-state index in [2.05, 4.69) is 15.3 Å². The molecule has 0 fully saturated rings. The van der Waals surface area contributed by atoms with Gasteiger partial charge in [0.25, 0.3) is 5.91 Å². The van der Waals surface area contributed by atoms with Gasteiger partial charge in [0.1, 0.15) is 17.2 Å². The number of para-hydroxylation sites is 1. The number of nitrogens with one attached hydrogen (secondary N) is 1. The molecule has 174 valence electrons. The monoisotopic (exact) mass is 471 g/mol. The van der Waals surface area contributed by atoms with Crippen molar-refractivity contribution in [3.63, 3.8) is 0 Å². The summed E-state index contributed by atoms with van der Waals surface area (Å²) in [4.78, 5) is 34.4. The second-order valence-electron chi connectivity index (χ2n) is 7.60. The van der Waals surface area contributed by atoms with Gasteiger partial charge in [-0.05, 0) is 61.5 Å². The van der Waals surface area contributed by atoms with Gasteiger partial charge in [-0.25, -0.2) is 19.2 Å². The summed E-state index contributed by atoms with van der Waals surface area (Å²) in [7, 11) is 0. The maximum Gasteiger partial charge on any atom is 0.338 e. The molecule has 5 aromatic rings. The van der Waals surface area contributed by atoms with Crippen LogP contribution in [-0.2, 0) is 9.53 Å². The minimum atomic E-state index is -1.16. The molecule has 35 heavy (non-hydrogen) atoms. The predicted octanol–water partition coefficient (Wildman–Crippen LogP) is 5.47. The molecule has 1 amide bonds. The Morgan fingerprint density at radius 1 is 0.886 bits per heavy atom. The summed E-state index contributed by atoms with van der Waals surface area (Å²) in [5, 5.41) is 2.41. The zero-order chi connectivity index (χ0) is 24.4. The van der Waals surface area contributed by atoms with Gasteiger partial charge < -0.3 is 18.9 Å². The Labute approximate surface area is 198 Å². The number of rotatable bonds is 6. The minimum absolute atomic E-state index is 0.000745. The van der Waals surface area contributed by atoms with Crippen LogP contribution in [-0.4, -0.2) is 27.9 Å². The van der Waals surface area contributed by atoms with E-state index in [1.165, 1.54) is 49.8 Å². The van der Waals surface area contributed by atoms with Gasteiger partial charge in [-0.2, -0.15) is 0 Å². The summed E-state index contributed by atoms with van der Waals surface area (Å²) in [6, 6.07) is 17.4. The second-order valence-corrected chi connectivity index (χ2v) is 7.60. The number of halogens is 1. The van der Waals surface area contributed by atoms with E-state index in [0.29, 0.717) is 33.9 Å². The topological polar surface area (TPSA) is 107 Å². The molecule has 3 aromatic heterocycles. The van der Waals surface area contributed by atoms with E-state index in [1.807, 2.05) is 0 Å². The summed E-state index contributed by atoms with van der Waals surface area (Å²) in [6.45, 7) is 1.40. The highest BCUT2D eigenvalue weighted by atomic mass is 19.1. The third kappa shape index (κ3) is 4.51. The summed E-state index contributed by atoms with van der Waals surface area (Å²) in [5.41, 5.74) is 2.05. The van der Waals surface area contributed by atoms with Crippen molar-refractivity contribution in [1.29, 1.82) is 0 Å². The molecule has 1 atom stereocenters. The molecule has 0 saturated carbocycles. The minimum Gasteiger partial charge on any atom is -0.463 e. The fourth-order valence-corrected chi connectivity index (χ4v) is 3.43. The van der Waals surface area contributed by atoms with Gasteiger partial charge in [-0.15, -0.1) is 0 Å². The fourth-order valence-electron chi connectivity index (χ4n) is 3.43. The molecule has 9 heteroatoms. The van der Waals surface area contributed by atoms with Crippen LogP contribution in [0.2, 0.25) is 0 Å². The molecule has 0 aliphatic heterocycles. The fraction of sp³-hybridized carbons (Fsp3) is 0.0769. The summed E-state index contributed by atoms with van der Waals surface area (Å²) < 4.78 is 30.1. The van der Waals surface area contributed by atoms with Crippen molar-refractivity contribution in [3.8, 4) is 22.9 Å². The number of anilines is 1. The number of hydrogen-bond donors (Lipinski definition) is 1. The van der Waals surface area contributed by atoms with Crippen LogP contribution in [0.4, 0.5) is 10.1 Å². The normalized spacial score (nSPS) is 11.8. The summed E-state index contributed by atoms with van der Waals surface area (Å²) >= 11 is 0. The first-order valence-corrected chi connectivity index (χ1v) is 10.7. The van der Waals surface area contributed by atoms with Gasteiger partial charge in [0, 0.05) is 0 Å². The highest BCUT2D eigenvalue weighted by molar-refractivity contribution is 5.99. The smallest absolute Gasteiger partial charge is 0.338 e. The maximum absolute atomic E-state index is 13.8. The van der Waals surface area contributed by atoms with E-state index >= 15 is 0 Å². The van der Waals surface area contributed by atoms with E-state index in [0.717, 1.165) is 0 Å². The zero-order valence-corrected chi connectivity index (χ0v) is 18.4. The van der Waals surface area contributed by atoms with Crippen molar-refractivity contribution in [2.24, 2.45) is 0 Å². The Morgan fingerprint density at radius 3 is 2.17 bits per heavy atom. The molecule has 0 saturated heterocycles. The first kappa shape index (κ1) is 22.0. The third-order valence-electron chi connectivity index (χ3n) is 5.19. The summed E-state index contributed by atoms with van der Waals surface area (Å²) in [5.74, 6) is -0.985. The third-order valence-corrected chi connectivity index (χ3v) is 5.19. The maximum atomic E-state index is 13.8. The van der Waals surface area contributed by atoms with Gasteiger partial charge >= 0.3 is 5.97 Å². The lowest BCUT2D eigenvalue weighted by molar-refractivity contribution is -0.123.